The van der Waals surface area contributed by atoms with Crippen molar-refractivity contribution in [2.75, 3.05) is 6.54 Å². The van der Waals surface area contributed by atoms with E-state index < -0.39 is 0 Å². The highest BCUT2D eigenvalue weighted by Gasteiger charge is 2.44. The van der Waals surface area contributed by atoms with Crippen LogP contribution in [-0.4, -0.2) is 29.6 Å². The molecule has 1 aliphatic heterocycles. The van der Waals surface area contributed by atoms with Crippen LogP contribution in [0.3, 0.4) is 0 Å². The van der Waals surface area contributed by atoms with Gasteiger partial charge in [-0.2, -0.15) is 0 Å². The molecule has 0 spiro atoms. The van der Waals surface area contributed by atoms with Crippen LogP contribution in [0, 0.1) is 11.3 Å². The van der Waals surface area contributed by atoms with Gasteiger partial charge in [0.25, 0.3) is 0 Å². The van der Waals surface area contributed by atoms with Crippen molar-refractivity contribution in [2.24, 2.45) is 17.1 Å². The van der Waals surface area contributed by atoms with Crippen molar-refractivity contribution >= 4 is 0 Å². The highest BCUT2D eigenvalue weighted by molar-refractivity contribution is 4.99. The van der Waals surface area contributed by atoms with Gasteiger partial charge in [-0.05, 0) is 56.4 Å². The van der Waals surface area contributed by atoms with Crippen molar-refractivity contribution in [1.29, 1.82) is 0 Å². The molecule has 1 saturated heterocycles. The summed E-state index contributed by atoms with van der Waals surface area (Å²) in [6.07, 6.45) is 11.1. The SMILES string of the molecule is CC1(C)CCC(N)C(N2CCC3CCCCC32)C1. The maximum atomic E-state index is 6.46. The first kappa shape index (κ1) is 12.9. The molecule has 0 amide bonds. The van der Waals surface area contributed by atoms with Crippen molar-refractivity contribution in [1.82, 2.24) is 4.90 Å². The molecule has 0 aromatic rings. The van der Waals surface area contributed by atoms with Crippen molar-refractivity contribution < 1.29 is 0 Å². The van der Waals surface area contributed by atoms with Gasteiger partial charge in [0.05, 0.1) is 0 Å². The van der Waals surface area contributed by atoms with Crippen LogP contribution < -0.4 is 5.73 Å². The summed E-state index contributed by atoms with van der Waals surface area (Å²) < 4.78 is 0. The van der Waals surface area contributed by atoms with Gasteiger partial charge in [-0.1, -0.05) is 26.7 Å². The average molecular weight is 250 g/mol. The molecule has 0 aromatic carbocycles. The molecule has 18 heavy (non-hydrogen) atoms. The standard InChI is InChI=1S/C16H30N2/c1-16(2)9-7-13(17)15(11-16)18-10-8-12-5-3-4-6-14(12)18/h12-15H,3-11,17H2,1-2H3. The van der Waals surface area contributed by atoms with Crippen LogP contribution in [0.2, 0.25) is 0 Å². The zero-order chi connectivity index (χ0) is 12.8. The van der Waals surface area contributed by atoms with Crippen molar-refractivity contribution in [2.45, 2.75) is 83.3 Å². The number of likely N-dealkylation sites (tertiary alicyclic amines) is 1. The quantitative estimate of drug-likeness (QED) is 0.774. The van der Waals surface area contributed by atoms with Gasteiger partial charge in [-0.15, -0.1) is 0 Å². The zero-order valence-corrected chi connectivity index (χ0v) is 12.2. The molecule has 2 aliphatic carbocycles. The maximum Gasteiger partial charge on any atom is 0.0255 e. The van der Waals surface area contributed by atoms with E-state index in [0.29, 0.717) is 17.5 Å². The first-order valence-corrected chi connectivity index (χ1v) is 8.08. The minimum atomic E-state index is 0.429. The molecule has 0 bridgehead atoms. The number of rotatable bonds is 1. The van der Waals surface area contributed by atoms with E-state index in [1.807, 2.05) is 0 Å². The van der Waals surface area contributed by atoms with E-state index in [-0.39, 0.29) is 0 Å². The number of nitrogens with zero attached hydrogens (tertiary/aromatic N) is 1. The molecule has 3 aliphatic rings. The Labute approximate surface area is 112 Å². The smallest absolute Gasteiger partial charge is 0.0255 e. The molecule has 1 heterocycles. The topological polar surface area (TPSA) is 29.3 Å². The summed E-state index contributed by atoms with van der Waals surface area (Å²) in [5, 5.41) is 0. The molecule has 2 heteroatoms. The molecule has 3 rings (SSSR count). The van der Waals surface area contributed by atoms with E-state index in [4.69, 9.17) is 5.73 Å². The lowest BCUT2D eigenvalue weighted by molar-refractivity contribution is 0.0517. The summed E-state index contributed by atoms with van der Waals surface area (Å²) in [7, 11) is 0. The van der Waals surface area contributed by atoms with Crippen LogP contribution in [0.25, 0.3) is 0 Å². The van der Waals surface area contributed by atoms with Crippen LogP contribution >= 0.6 is 0 Å². The molecule has 2 nitrogen and oxygen atoms in total. The largest absolute Gasteiger partial charge is 0.326 e. The normalized spacial score (nSPS) is 44.8. The molecule has 4 unspecified atom stereocenters. The Morgan fingerprint density at radius 3 is 2.61 bits per heavy atom. The fourth-order valence-corrected chi connectivity index (χ4v) is 4.79. The Bertz CT molecular complexity index is 299. The lowest BCUT2D eigenvalue weighted by Crippen LogP contribution is -2.55. The minimum Gasteiger partial charge on any atom is -0.326 e. The van der Waals surface area contributed by atoms with Crippen LogP contribution in [0.5, 0.6) is 0 Å². The summed E-state index contributed by atoms with van der Waals surface area (Å²) in [6.45, 7) is 6.18. The third kappa shape index (κ3) is 2.34. The van der Waals surface area contributed by atoms with E-state index in [0.717, 1.165) is 12.0 Å². The fraction of sp³-hybridized carbons (Fsp3) is 1.00. The van der Waals surface area contributed by atoms with E-state index >= 15 is 0 Å². The lowest BCUT2D eigenvalue weighted by Gasteiger charge is -2.46. The van der Waals surface area contributed by atoms with Crippen LogP contribution in [-0.2, 0) is 0 Å². The molecular weight excluding hydrogens is 220 g/mol. The van der Waals surface area contributed by atoms with Gasteiger partial charge in [0.1, 0.15) is 0 Å². The van der Waals surface area contributed by atoms with Gasteiger partial charge in [0.2, 0.25) is 0 Å². The molecule has 2 N–H and O–H groups in total. The zero-order valence-electron chi connectivity index (χ0n) is 12.2. The second-order valence-electron chi connectivity index (χ2n) is 7.78. The van der Waals surface area contributed by atoms with Gasteiger partial charge in [0.15, 0.2) is 0 Å². The molecule has 0 radical (unpaired) electrons. The lowest BCUT2D eigenvalue weighted by atomic mass is 9.72. The molecule has 2 saturated carbocycles. The van der Waals surface area contributed by atoms with Crippen molar-refractivity contribution in [3.63, 3.8) is 0 Å². The monoisotopic (exact) mass is 250 g/mol. The van der Waals surface area contributed by atoms with Crippen LogP contribution in [0.1, 0.15) is 65.2 Å². The first-order valence-electron chi connectivity index (χ1n) is 8.08. The van der Waals surface area contributed by atoms with Crippen molar-refractivity contribution in [3.8, 4) is 0 Å². The van der Waals surface area contributed by atoms with E-state index in [1.54, 1.807) is 0 Å². The summed E-state index contributed by atoms with van der Waals surface area (Å²) in [4.78, 5) is 2.83. The second kappa shape index (κ2) is 4.79. The third-order valence-corrected chi connectivity index (χ3v) is 5.89. The summed E-state index contributed by atoms with van der Waals surface area (Å²) in [5.41, 5.74) is 6.97. The molecule has 104 valence electrons. The van der Waals surface area contributed by atoms with Gasteiger partial charge in [-0.25, -0.2) is 0 Å². The molecule has 4 atom stereocenters. The Morgan fingerprint density at radius 1 is 1.00 bits per heavy atom. The molecule has 3 fully saturated rings. The Balaban J connectivity index is 1.73. The maximum absolute atomic E-state index is 6.46. The van der Waals surface area contributed by atoms with Crippen LogP contribution in [0.4, 0.5) is 0 Å². The number of fused-ring (bicyclic) bond motifs is 1. The predicted molar refractivity (Wildman–Crippen MR) is 76.5 cm³/mol. The summed E-state index contributed by atoms with van der Waals surface area (Å²) in [5.74, 6) is 0.996. The van der Waals surface area contributed by atoms with Crippen LogP contribution in [0.15, 0.2) is 0 Å². The van der Waals surface area contributed by atoms with Gasteiger partial charge >= 0.3 is 0 Å². The number of hydrogen-bond acceptors (Lipinski definition) is 2. The number of hydrogen-bond donors (Lipinski definition) is 1. The average Bonchev–Trinajstić information content (AvgIpc) is 2.76. The fourth-order valence-electron chi connectivity index (χ4n) is 4.79. The van der Waals surface area contributed by atoms with Gasteiger partial charge < -0.3 is 5.73 Å². The second-order valence-corrected chi connectivity index (χ2v) is 7.78. The first-order chi connectivity index (χ1) is 8.57. The van der Waals surface area contributed by atoms with E-state index in [2.05, 4.69) is 18.7 Å². The molecular formula is C16H30N2. The third-order valence-electron chi connectivity index (χ3n) is 5.89. The Morgan fingerprint density at radius 2 is 1.78 bits per heavy atom. The Hall–Kier alpha value is -0.0800. The summed E-state index contributed by atoms with van der Waals surface area (Å²) >= 11 is 0. The minimum absolute atomic E-state index is 0.429. The molecule has 0 aromatic heterocycles. The predicted octanol–water partition coefficient (Wildman–Crippen LogP) is 3.16. The van der Waals surface area contributed by atoms with Gasteiger partial charge in [0, 0.05) is 18.1 Å². The van der Waals surface area contributed by atoms with Gasteiger partial charge in [-0.3, -0.25) is 4.90 Å². The van der Waals surface area contributed by atoms with E-state index in [1.165, 1.54) is 57.9 Å². The summed E-state index contributed by atoms with van der Waals surface area (Å²) in [6, 6.07) is 1.98. The highest BCUT2D eigenvalue weighted by Crippen LogP contribution is 2.43. The van der Waals surface area contributed by atoms with Crippen molar-refractivity contribution in [3.05, 3.63) is 0 Å². The van der Waals surface area contributed by atoms with E-state index in [9.17, 15) is 0 Å². The Kier molecular flexibility index (Phi) is 3.44. The number of nitrogens with two attached hydrogens (primary N) is 1. The highest BCUT2D eigenvalue weighted by atomic mass is 15.2.